The second-order valence-corrected chi connectivity index (χ2v) is 7.98. The lowest BCUT2D eigenvalue weighted by Crippen LogP contribution is -2.32. The zero-order valence-corrected chi connectivity index (χ0v) is 14.0. The van der Waals surface area contributed by atoms with Crippen LogP contribution < -0.4 is 14.9 Å². The molecule has 1 aliphatic heterocycles. The van der Waals surface area contributed by atoms with E-state index in [4.69, 9.17) is 0 Å². The number of nitrogens with one attached hydrogen (secondary N) is 2. The Balaban J connectivity index is 2.15. The van der Waals surface area contributed by atoms with Gasteiger partial charge in [-0.15, -0.1) is 0 Å². The molecule has 1 aliphatic rings. The van der Waals surface area contributed by atoms with Crippen LogP contribution in [0.1, 0.15) is 25.8 Å². The van der Waals surface area contributed by atoms with E-state index in [1.54, 1.807) is 12.1 Å². The van der Waals surface area contributed by atoms with Crippen molar-refractivity contribution in [3.05, 3.63) is 23.8 Å². The van der Waals surface area contributed by atoms with Gasteiger partial charge in [-0.05, 0) is 37.0 Å². The van der Waals surface area contributed by atoms with E-state index in [9.17, 15) is 13.2 Å². The molecule has 1 fully saturated rings. The van der Waals surface area contributed by atoms with Gasteiger partial charge >= 0.3 is 6.03 Å². The lowest BCUT2D eigenvalue weighted by molar-refractivity contribution is 0.251. The fourth-order valence-electron chi connectivity index (χ4n) is 2.29. The van der Waals surface area contributed by atoms with Crippen LogP contribution in [-0.4, -0.2) is 33.3 Å². The van der Waals surface area contributed by atoms with E-state index < -0.39 is 10.0 Å². The van der Waals surface area contributed by atoms with E-state index in [2.05, 4.69) is 10.6 Å². The van der Waals surface area contributed by atoms with Crippen LogP contribution in [0.5, 0.6) is 0 Å². The topological polar surface area (TPSA) is 78.5 Å². The molecule has 0 radical (unpaired) electrons. The van der Waals surface area contributed by atoms with E-state index in [0.717, 1.165) is 5.56 Å². The third kappa shape index (κ3) is 3.91. The van der Waals surface area contributed by atoms with Crippen molar-refractivity contribution in [2.75, 3.05) is 28.5 Å². The second kappa shape index (κ2) is 6.56. The van der Waals surface area contributed by atoms with Crippen molar-refractivity contribution in [3.8, 4) is 0 Å². The Labute approximate surface area is 131 Å². The largest absolute Gasteiger partial charge is 0.338 e. The van der Waals surface area contributed by atoms with E-state index >= 15 is 0 Å². The number of carbonyl (C=O) groups is 1. The van der Waals surface area contributed by atoms with Gasteiger partial charge in [0, 0.05) is 18.8 Å². The SMILES string of the molecule is Cc1ccc(N2CCCS2(=O)=O)cc1NC(=O)NCC(C)C. The maximum absolute atomic E-state index is 12.0. The van der Waals surface area contributed by atoms with Crippen LogP contribution >= 0.6 is 0 Å². The van der Waals surface area contributed by atoms with Gasteiger partial charge in [0.05, 0.1) is 11.4 Å². The average molecular weight is 325 g/mol. The van der Waals surface area contributed by atoms with Crippen molar-refractivity contribution in [1.29, 1.82) is 0 Å². The highest BCUT2D eigenvalue weighted by Crippen LogP contribution is 2.28. The summed E-state index contributed by atoms with van der Waals surface area (Å²) < 4.78 is 25.4. The van der Waals surface area contributed by atoms with Crippen molar-refractivity contribution in [3.63, 3.8) is 0 Å². The fourth-order valence-corrected chi connectivity index (χ4v) is 3.85. The van der Waals surface area contributed by atoms with Crippen LogP contribution in [0.2, 0.25) is 0 Å². The first-order valence-electron chi connectivity index (χ1n) is 7.45. The Morgan fingerprint density at radius 3 is 2.68 bits per heavy atom. The number of hydrogen-bond donors (Lipinski definition) is 2. The van der Waals surface area contributed by atoms with Gasteiger partial charge in [-0.2, -0.15) is 0 Å². The zero-order chi connectivity index (χ0) is 16.3. The van der Waals surface area contributed by atoms with E-state index in [-0.39, 0.29) is 11.8 Å². The minimum atomic E-state index is -3.21. The van der Waals surface area contributed by atoms with E-state index in [0.29, 0.717) is 36.8 Å². The number of amides is 2. The first-order valence-corrected chi connectivity index (χ1v) is 9.06. The molecule has 6 nitrogen and oxygen atoms in total. The molecule has 22 heavy (non-hydrogen) atoms. The number of anilines is 2. The molecule has 1 aromatic carbocycles. The van der Waals surface area contributed by atoms with Gasteiger partial charge < -0.3 is 10.6 Å². The lowest BCUT2D eigenvalue weighted by Gasteiger charge is -2.19. The van der Waals surface area contributed by atoms with Crippen LogP contribution in [0.3, 0.4) is 0 Å². The molecule has 0 bridgehead atoms. The van der Waals surface area contributed by atoms with Crippen LogP contribution in [0.4, 0.5) is 16.2 Å². The third-order valence-corrected chi connectivity index (χ3v) is 5.40. The van der Waals surface area contributed by atoms with E-state index in [1.807, 2.05) is 26.8 Å². The van der Waals surface area contributed by atoms with Gasteiger partial charge in [0.15, 0.2) is 0 Å². The van der Waals surface area contributed by atoms with Crippen molar-refractivity contribution in [1.82, 2.24) is 5.32 Å². The molecule has 0 saturated carbocycles. The number of carbonyl (C=O) groups excluding carboxylic acids is 1. The van der Waals surface area contributed by atoms with Crippen molar-refractivity contribution >= 4 is 27.4 Å². The van der Waals surface area contributed by atoms with Gasteiger partial charge in [-0.1, -0.05) is 19.9 Å². The number of hydrogen-bond acceptors (Lipinski definition) is 3. The monoisotopic (exact) mass is 325 g/mol. The summed E-state index contributed by atoms with van der Waals surface area (Å²) in [6.07, 6.45) is 0.633. The number of benzene rings is 1. The molecular weight excluding hydrogens is 302 g/mol. The molecule has 2 amide bonds. The fraction of sp³-hybridized carbons (Fsp3) is 0.533. The molecular formula is C15H23N3O3S. The number of aryl methyl sites for hydroxylation is 1. The predicted molar refractivity (Wildman–Crippen MR) is 88.8 cm³/mol. The molecule has 7 heteroatoms. The lowest BCUT2D eigenvalue weighted by atomic mass is 10.1. The molecule has 0 aliphatic carbocycles. The van der Waals surface area contributed by atoms with Crippen molar-refractivity contribution in [2.45, 2.75) is 27.2 Å². The minimum absolute atomic E-state index is 0.179. The summed E-state index contributed by atoms with van der Waals surface area (Å²) in [4.78, 5) is 11.9. The quantitative estimate of drug-likeness (QED) is 0.891. The van der Waals surface area contributed by atoms with Crippen LogP contribution in [0.15, 0.2) is 18.2 Å². The second-order valence-electron chi connectivity index (χ2n) is 5.97. The maximum atomic E-state index is 12.0. The molecule has 2 N–H and O–H groups in total. The Morgan fingerprint density at radius 2 is 2.09 bits per heavy atom. The summed E-state index contributed by atoms with van der Waals surface area (Å²) in [6, 6.07) is 5.03. The zero-order valence-electron chi connectivity index (χ0n) is 13.2. The molecule has 1 heterocycles. The normalized spacial score (nSPS) is 16.8. The van der Waals surface area contributed by atoms with E-state index in [1.165, 1.54) is 4.31 Å². The molecule has 122 valence electrons. The summed E-state index contributed by atoms with van der Waals surface area (Å²) in [5.41, 5.74) is 2.11. The molecule has 0 spiro atoms. The number of urea groups is 1. The Bertz CT molecular complexity index is 656. The summed E-state index contributed by atoms with van der Waals surface area (Å²) in [5.74, 6) is 0.548. The van der Waals surface area contributed by atoms with Crippen LogP contribution in [0.25, 0.3) is 0 Å². The Morgan fingerprint density at radius 1 is 1.36 bits per heavy atom. The maximum Gasteiger partial charge on any atom is 0.319 e. The first kappa shape index (κ1) is 16.6. The third-order valence-electron chi connectivity index (χ3n) is 3.53. The molecule has 0 atom stereocenters. The number of sulfonamides is 1. The summed E-state index contributed by atoms with van der Waals surface area (Å²) in [6.45, 7) is 6.99. The molecule has 1 aromatic rings. The van der Waals surface area contributed by atoms with Crippen molar-refractivity contribution in [2.24, 2.45) is 5.92 Å². The van der Waals surface area contributed by atoms with Crippen molar-refractivity contribution < 1.29 is 13.2 Å². The number of rotatable bonds is 4. The molecule has 0 aromatic heterocycles. The van der Waals surface area contributed by atoms with Gasteiger partial charge in [0.1, 0.15) is 0 Å². The van der Waals surface area contributed by atoms with Gasteiger partial charge in [0.25, 0.3) is 0 Å². The van der Waals surface area contributed by atoms with Crippen LogP contribution in [0, 0.1) is 12.8 Å². The minimum Gasteiger partial charge on any atom is -0.338 e. The average Bonchev–Trinajstić information content (AvgIpc) is 2.78. The summed E-state index contributed by atoms with van der Waals surface area (Å²) >= 11 is 0. The smallest absolute Gasteiger partial charge is 0.319 e. The molecule has 0 unspecified atom stereocenters. The predicted octanol–water partition coefficient (Wildman–Crippen LogP) is 2.31. The summed E-state index contributed by atoms with van der Waals surface area (Å²) in [5, 5.41) is 5.57. The Kier molecular flexibility index (Phi) is 4.95. The highest BCUT2D eigenvalue weighted by Gasteiger charge is 2.28. The Hall–Kier alpha value is -1.76. The first-order chi connectivity index (χ1) is 10.3. The highest BCUT2D eigenvalue weighted by atomic mass is 32.2. The summed E-state index contributed by atoms with van der Waals surface area (Å²) in [7, 11) is -3.21. The standard InChI is InChI=1S/C15H23N3O3S/c1-11(2)10-16-15(19)17-14-9-13(6-5-12(14)3)18-7-4-8-22(18,20)21/h5-6,9,11H,4,7-8,10H2,1-3H3,(H2,16,17,19). The van der Waals surface area contributed by atoms with Crippen LogP contribution in [-0.2, 0) is 10.0 Å². The van der Waals surface area contributed by atoms with Gasteiger partial charge in [-0.3, -0.25) is 4.31 Å². The highest BCUT2D eigenvalue weighted by molar-refractivity contribution is 7.93. The number of nitrogens with zero attached hydrogens (tertiary/aromatic N) is 1. The van der Waals surface area contributed by atoms with Gasteiger partial charge in [0.2, 0.25) is 10.0 Å². The molecule has 1 saturated heterocycles. The molecule has 2 rings (SSSR count). The van der Waals surface area contributed by atoms with Gasteiger partial charge in [-0.25, -0.2) is 13.2 Å².